The number of unbranched alkanes of at least 4 members (excludes halogenated alkanes) is 8. The van der Waals surface area contributed by atoms with Crippen molar-refractivity contribution < 1.29 is 121 Å². The Kier molecular flexibility index (Phi) is 32.4. The molecule has 0 aliphatic carbocycles. The van der Waals surface area contributed by atoms with Crippen molar-refractivity contribution in [3.05, 3.63) is 42.0 Å². The van der Waals surface area contributed by atoms with Crippen LogP contribution in [0.1, 0.15) is 209 Å². The Bertz CT molecular complexity index is 2460. The number of rotatable bonds is 25. The molecule has 7 N–H and O–H groups in total. The smallest absolute Gasteiger partial charge is 0.331 e. The predicted molar refractivity (Wildman–Crippen MR) is 341 cm³/mol. The van der Waals surface area contributed by atoms with Gasteiger partial charge in [-0.2, -0.15) is 0 Å². The van der Waals surface area contributed by atoms with Crippen molar-refractivity contribution >= 4 is 30.0 Å². The number of carbonyl (C=O) groups excluding carboxylic acids is 4. The maximum atomic E-state index is 14.5. The maximum absolute atomic E-state index is 14.5. The molecule has 6 fully saturated rings. The van der Waals surface area contributed by atoms with Crippen LogP contribution in [-0.4, -0.2) is 219 Å². The Balaban J connectivity index is 1.26. The van der Waals surface area contributed by atoms with Gasteiger partial charge in [0.2, 0.25) is 0 Å². The average molecular weight is 1350 g/mol. The van der Waals surface area contributed by atoms with E-state index in [-0.39, 0.29) is 18.9 Å². The first-order valence-electron chi connectivity index (χ1n) is 35.4. The Hall–Kier alpha value is -3.84. The molecular formula is C70H112O25. The zero-order valence-electron chi connectivity index (χ0n) is 57.2. The van der Waals surface area contributed by atoms with Gasteiger partial charge in [-0.15, -0.1) is 0 Å². The summed E-state index contributed by atoms with van der Waals surface area (Å²) < 4.78 is 89.7. The minimum absolute atomic E-state index is 0.0437. The van der Waals surface area contributed by atoms with Gasteiger partial charge in [0.25, 0.3) is 0 Å². The first-order valence-corrected chi connectivity index (χ1v) is 35.4. The van der Waals surface area contributed by atoms with Crippen LogP contribution in [0, 0.1) is 5.92 Å². The van der Waals surface area contributed by atoms with E-state index >= 15 is 0 Å². The number of aliphatic hydroxyl groups is 7. The SMILES string of the molecule is CCCCCCCCCC(=O)O[C@H]1[C@H](O[C@@H]2[C@H]3OC(=O)CCCCCCCCCC(CCCCC)O[C@@H]4O[C@H](C)[C@H](O)[C@H](O)[C@H]4O[C@H](O[C@H]2C)[C@@H]3O)O[C@@H](C)[C@H](O[C@@H]2O[C@@H](C)[C@H](OC(=O)[C@@H](C)CC)[C@@H](OC(=O)/C=C/c3ccccc3)[C@H]2O)[C@H]1O[C@@H]1O[C@@H](C)[C@H](O)[C@@H](O)[C@H]1O. The normalized spacial score (nSPS) is 39.1. The second-order valence-electron chi connectivity index (χ2n) is 26.8. The molecule has 1 aromatic rings. The number of esters is 4. The van der Waals surface area contributed by atoms with Crippen molar-refractivity contribution in [2.45, 2.75) is 363 Å². The minimum Gasteiger partial charge on any atom is -0.456 e. The summed E-state index contributed by atoms with van der Waals surface area (Å²) in [6.07, 6.45) is -20.2. The summed E-state index contributed by atoms with van der Waals surface area (Å²) in [5, 5.41) is 81.8. The minimum atomic E-state index is -1.95. The van der Waals surface area contributed by atoms with E-state index in [9.17, 15) is 54.9 Å². The molecule has 0 saturated carbocycles. The van der Waals surface area contributed by atoms with Crippen molar-refractivity contribution in [2.75, 3.05) is 0 Å². The summed E-state index contributed by atoms with van der Waals surface area (Å²) in [6.45, 7) is 15.3. The van der Waals surface area contributed by atoms with Gasteiger partial charge in [0.1, 0.15) is 67.1 Å². The van der Waals surface area contributed by atoms with E-state index in [0.29, 0.717) is 44.1 Å². The van der Waals surface area contributed by atoms with Gasteiger partial charge in [-0.25, -0.2) is 4.79 Å². The third kappa shape index (κ3) is 22.3. The van der Waals surface area contributed by atoms with Gasteiger partial charge >= 0.3 is 23.9 Å². The van der Waals surface area contributed by atoms with E-state index in [1.54, 1.807) is 52.0 Å². The summed E-state index contributed by atoms with van der Waals surface area (Å²) >= 11 is 0. The van der Waals surface area contributed by atoms with Crippen molar-refractivity contribution in [3.63, 3.8) is 0 Å². The van der Waals surface area contributed by atoms with Gasteiger partial charge in [0.05, 0.1) is 42.5 Å². The molecule has 6 heterocycles. The molecule has 542 valence electrons. The Morgan fingerprint density at radius 3 is 1.78 bits per heavy atom. The summed E-state index contributed by atoms with van der Waals surface area (Å²) in [4.78, 5) is 55.8. The largest absolute Gasteiger partial charge is 0.456 e. The zero-order chi connectivity index (χ0) is 68.9. The fraction of sp³-hybridized carbons (Fsp3) is 0.829. The highest BCUT2D eigenvalue weighted by Crippen LogP contribution is 2.40. The molecule has 95 heavy (non-hydrogen) atoms. The molecule has 0 amide bonds. The molecule has 7 rings (SSSR count). The van der Waals surface area contributed by atoms with Crippen LogP contribution >= 0.6 is 0 Å². The van der Waals surface area contributed by atoms with Crippen LogP contribution < -0.4 is 0 Å². The quantitative estimate of drug-likeness (QED) is 0.0229. The van der Waals surface area contributed by atoms with Crippen LogP contribution in [-0.2, 0) is 85.5 Å². The fourth-order valence-corrected chi connectivity index (χ4v) is 13.0. The zero-order valence-corrected chi connectivity index (χ0v) is 57.2. The maximum Gasteiger partial charge on any atom is 0.331 e. The van der Waals surface area contributed by atoms with Crippen LogP contribution in [0.25, 0.3) is 6.08 Å². The molecule has 2 bridgehead atoms. The van der Waals surface area contributed by atoms with Crippen molar-refractivity contribution in [3.8, 4) is 0 Å². The van der Waals surface area contributed by atoms with E-state index in [2.05, 4.69) is 13.8 Å². The first-order chi connectivity index (χ1) is 45.5. The lowest BCUT2D eigenvalue weighted by molar-refractivity contribution is -0.399. The van der Waals surface area contributed by atoms with E-state index in [1.807, 2.05) is 6.07 Å². The molecule has 0 spiro atoms. The molecular weight excluding hydrogens is 1240 g/mol. The fourth-order valence-electron chi connectivity index (χ4n) is 13.0. The van der Waals surface area contributed by atoms with Crippen LogP contribution in [0.5, 0.6) is 0 Å². The molecule has 1 unspecified atom stereocenters. The van der Waals surface area contributed by atoms with Crippen molar-refractivity contribution in [1.82, 2.24) is 0 Å². The van der Waals surface area contributed by atoms with Gasteiger partial charge in [0.15, 0.2) is 55.9 Å². The molecule has 6 saturated heterocycles. The van der Waals surface area contributed by atoms with Crippen molar-refractivity contribution in [1.29, 1.82) is 0 Å². The molecule has 1 aromatic carbocycles. The third-order valence-corrected chi connectivity index (χ3v) is 19.1. The highest BCUT2D eigenvalue weighted by Gasteiger charge is 2.59. The lowest BCUT2D eigenvalue weighted by Gasteiger charge is -2.51. The van der Waals surface area contributed by atoms with E-state index < -0.39 is 183 Å². The van der Waals surface area contributed by atoms with Crippen molar-refractivity contribution in [2.24, 2.45) is 5.92 Å². The lowest BCUT2D eigenvalue weighted by atomic mass is 9.95. The summed E-state index contributed by atoms with van der Waals surface area (Å²) in [5.41, 5.74) is 0.665. The lowest BCUT2D eigenvalue weighted by Crippen LogP contribution is -2.68. The first kappa shape index (κ1) is 78.5. The molecule has 27 atom stereocenters. The number of aliphatic hydroxyl groups excluding tert-OH is 7. The number of benzene rings is 1. The third-order valence-electron chi connectivity index (χ3n) is 19.1. The second kappa shape index (κ2) is 39.2. The molecule has 6 aliphatic rings. The monoisotopic (exact) mass is 1350 g/mol. The van der Waals surface area contributed by atoms with E-state index in [1.165, 1.54) is 26.8 Å². The van der Waals surface area contributed by atoms with Crippen LogP contribution in [0.15, 0.2) is 36.4 Å². The van der Waals surface area contributed by atoms with Gasteiger partial charge in [-0.1, -0.05) is 154 Å². The Labute approximate surface area is 560 Å². The summed E-state index contributed by atoms with van der Waals surface area (Å²) in [5.74, 6) is -3.63. The highest BCUT2D eigenvalue weighted by molar-refractivity contribution is 5.87. The Morgan fingerprint density at radius 2 is 1.07 bits per heavy atom. The topological polar surface area (TPSA) is 339 Å². The van der Waals surface area contributed by atoms with Crippen LogP contribution in [0.4, 0.5) is 0 Å². The molecule has 6 aliphatic heterocycles. The summed E-state index contributed by atoms with van der Waals surface area (Å²) in [7, 11) is 0. The number of ether oxygens (including phenoxy) is 14. The standard InChI is InChI=1S/C70H112O25/c1-10-13-15-16-18-22-30-36-48(72)90-64-63(95-66-54(78)52(76)50(74)40(5)82-66)59(92-67-55(79)60(57(42(7)84-67)91-65(81)39(4)12-3)89-49(73)38-37-45-31-26-24-27-32-45)44(9)86-70(64)93-58-43(8)85-68-56(80)61(58)88-47(71)35-29-23-20-17-19-21-28-34-46(33-25-14-11-2)87-69-62(94-68)53(77)51(75)41(6)83-69/h24,26-27,31-32,37-44,46,50-64,66-70,74-80H,10-23,25,28-30,33-36H2,1-9H3/b38-37+/t39-,40-,41+,42-,43-,44-,46?,50-,51-,52+,53-,54+,55+,56+,57-,58-,59-,60-,61-,62+,63+,64+,66-,67-,68-,69-,70-/m0/s1. The number of carbonyl (C=O) groups is 4. The molecule has 0 aromatic heterocycles. The molecule has 0 radical (unpaired) electrons. The van der Waals surface area contributed by atoms with Gasteiger partial charge < -0.3 is 102 Å². The average Bonchev–Trinajstić information content (AvgIpc) is 1.13. The molecule has 25 nitrogen and oxygen atoms in total. The number of fused-ring (bicyclic) bond motifs is 3. The van der Waals surface area contributed by atoms with Gasteiger partial charge in [0, 0.05) is 18.9 Å². The summed E-state index contributed by atoms with van der Waals surface area (Å²) in [6, 6.07) is 8.90. The van der Waals surface area contributed by atoms with Crippen LogP contribution in [0.3, 0.4) is 0 Å². The predicted octanol–water partition coefficient (Wildman–Crippen LogP) is 6.81. The second-order valence-corrected chi connectivity index (χ2v) is 26.8. The van der Waals surface area contributed by atoms with Crippen LogP contribution in [0.2, 0.25) is 0 Å². The number of hydrogen-bond donors (Lipinski definition) is 7. The highest BCUT2D eigenvalue weighted by atomic mass is 16.8. The van der Waals surface area contributed by atoms with E-state index in [4.69, 9.17) is 66.3 Å². The Morgan fingerprint density at radius 1 is 0.505 bits per heavy atom. The van der Waals surface area contributed by atoms with Gasteiger partial charge in [-0.05, 0) is 78.4 Å². The van der Waals surface area contributed by atoms with Gasteiger partial charge in [-0.3, -0.25) is 14.4 Å². The van der Waals surface area contributed by atoms with E-state index in [0.717, 1.165) is 96.0 Å². The number of hydrogen-bond acceptors (Lipinski definition) is 25. The molecule has 25 heteroatoms.